The van der Waals surface area contributed by atoms with Gasteiger partial charge in [-0.1, -0.05) is 17.7 Å². The van der Waals surface area contributed by atoms with Crippen LogP contribution in [0.15, 0.2) is 35.7 Å². The molecule has 1 unspecified atom stereocenters. The molecule has 1 aliphatic rings. The van der Waals surface area contributed by atoms with Crippen LogP contribution in [0.25, 0.3) is 0 Å². The van der Waals surface area contributed by atoms with Gasteiger partial charge in [-0.15, -0.1) is 0 Å². The highest BCUT2D eigenvalue weighted by Gasteiger charge is 2.45. The fraction of sp³-hybridized carbons (Fsp3) is 0.286. The SMILES string of the molecule is COc1ncc(C2(C(=O)O)CC(C(=O)O)=CC=C2C)cn1. The third-order valence-corrected chi connectivity index (χ3v) is 3.61. The number of carboxylic acid groups (broad SMARTS) is 2. The summed E-state index contributed by atoms with van der Waals surface area (Å²) in [6.45, 7) is 1.65. The number of methoxy groups -OCH3 is 1. The molecule has 21 heavy (non-hydrogen) atoms. The van der Waals surface area contributed by atoms with Crippen LogP contribution in [-0.2, 0) is 15.0 Å². The predicted molar refractivity (Wildman–Crippen MR) is 72.0 cm³/mol. The highest BCUT2D eigenvalue weighted by atomic mass is 16.5. The molecule has 1 atom stereocenters. The third kappa shape index (κ3) is 2.37. The Kier molecular flexibility index (Phi) is 3.75. The zero-order valence-electron chi connectivity index (χ0n) is 11.5. The molecule has 0 radical (unpaired) electrons. The molecule has 110 valence electrons. The van der Waals surface area contributed by atoms with Crippen LogP contribution < -0.4 is 4.74 Å². The van der Waals surface area contributed by atoms with E-state index in [1.165, 1.54) is 31.7 Å². The lowest BCUT2D eigenvalue weighted by Gasteiger charge is -2.32. The van der Waals surface area contributed by atoms with E-state index in [1.54, 1.807) is 6.92 Å². The van der Waals surface area contributed by atoms with E-state index in [0.29, 0.717) is 11.1 Å². The molecule has 7 heteroatoms. The zero-order valence-corrected chi connectivity index (χ0v) is 11.5. The lowest BCUT2D eigenvalue weighted by atomic mass is 9.69. The number of hydrogen-bond acceptors (Lipinski definition) is 5. The molecule has 7 nitrogen and oxygen atoms in total. The summed E-state index contributed by atoms with van der Waals surface area (Å²) in [5.41, 5.74) is -0.613. The number of carboxylic acids is 2. The summed E-state index contributed by atoms with van der Waals surface area (Å²) in [7, 11) is 1.40. The fourth-order valence-electron chi connectivity index (χ4n) is 2.34. The van der Waals surface area contributed by atoms with Gasteiger partial charge in [-0.2, -0.15) is 0 Å². The first kappa shape index (κ1) is 14.7. The molecule has 0 spiro atoms. The third-order valence-electron chi connectivity index (χ3n) is 3.61. The highest BCUT2D eigenvalue weighted by Crippen LogP contribution is 2.41. The minimum atomic E-state index is -1.48. The van der Waals surface area contributed by atoms with Gasteiger partial charge in [0, 0.05) is 30.0 Å². The van der Waals surface area contributed by atoms with Gasteiger partial charge in [0.25, 0.3) is 0 Å². The van der Waals surface area contributed by atoms with E-state index in [2.05, 4.69) is 9.97 Å². The Morgan fingerprint density at radius 1 is 1.24 bits per heavy atom. The predicted octanol–water partition coefficient (Wildman–Crippen LogP) is 1.17. The molecule has 0 bridgehead atoms. The summed E-state index contributed by atoms with van der Waals surface area (Å²) in [6, 6.07) is 0.116. The van der Waals surface area contributed by atoms with E-state index in [9.17, 15) is 14.7 Å². The second-order valence-corrected chi connectivity index (χ2v) is 4.69. The van der Waals surface area contributed by atoms with Crippen molar-refractivity contribution in [3.05, 3.63) is 41.3 Å². The Balaban J connectivity index is 2.56. The number of nitrogens with zero attached hydrogens (tertiary/aromatic N) is 2. The maximum absolute atomic E-state index is 11.9. The maximum Gasteiger partial charge on any atom is 0.331 e. The molecule has 1 heterocycles. The number of aromatic nitrogens is 2. The normalized spacial score (nSPS) is 21.2. The van der Waals surface area contributed by atoms with Crippen LogP contribution in [-0.4, -0.2) is 39.2 Å². The molecule has 2 rings (SSSR count). The number of aliphatic carboxylic acids is 2. The van der Waals surface area contributed by atoms with E-state index in [-0.39, 0.29) is 18.0 Å². The number of ether oxygens (including phenoxy) is 1. The average molecular weight is 290 g/mol. The minimum Gasteiger partial charge on any atom is -0.480 e. The molecule has 0 fully saturated rings. The van der Waals surface area contributed by atoms with Gasteiger partial charge < -0.3 is 14.9 Å². The van der Waals surface area contributed by atoms with Crippen molar-refractivity contribution in [3.8, 4) is 6.01 Å². The van der Waals surface area contributed by atoms with Crippen LogP contribution in [0.2, 0.25) is 0 Å². The Morgan fingerprint density at radius 2 is 1.86 bits per heavy atom. The molecular weight excluding hydrogens is 276 g/mol. The first-order valence-electron chi connectivity index (χ1n) is 6.13. The molecule has 0 amide bonds. The van der Waals surface area contributed by atoms with Crippen LogP contribution in [0, 0.1) is 0 Å². The van der Waals surface area contributed by atoms with Gasteiger partial charge in [0.05, 0.1) is 7.11 Å². The van der Waals surface area contributed by atoms with Crippen molar-refractivity contribution in [2.75, 3.05) is 7.11 Å². The van der Waals surface area contributed by atoms with Crippen molar-refractivity contribution >= 4 is 11.9 Å². The molecule has 1 aromatic rings. The van der Waals surface area contributed by atoms with Crippen molar-refractivity contribution in [3.63, 3.8) is 0 Å². The summed E-state index contributed by atoms with van der Waals surface area (Å²) in [6.07, 6.45) is 5.47. The van der Waals surface area contributed by atoms with Crippen LogP contribution >= 0.6 is 0 Å². The first-order chi connectivity index (χ1) is 9.91. The number of hydrogen-bond donors (Lipinski definition) is 2. The van der Waals surface area contributed by atoms with E-state index in [4.69, 9.17) is 9.84 Å². The van der Waals surface area contributed by atoms with E-state index >= 15 is 0 Å². The fourth-order valence-corrected chi connectivity index (χ4v) is 2.34. The van der Waals surface area contributed by atoms with Crippen LogP contribution in [0.5, 0.6) is 6.01 Å². The summed E-state index contributed by atoms with van der Waals surface area (Å²) in [5, 5.41) is 18.8. The topological polar surface area (TPSA) is 110 Å². The van der Waals surface area contributed by atoms with Crippen LogP contribution in [0.3, 0.4) is 0 Å². The Morgan fingerprint density at radius 3 is 2.33 bits per heavy atom. The molecule has 1 aliphatic carbocycles. The van der Waals surface area contributed by atoms with Crippen molar-refractivity contribution in [2.24, 2.45) is 0 Å². The molecule has 0 aromatic carbocycles. The number of rotatable bonds is 4. The molecule has 0 aliphatic heterocycles. The quantitative estimate of drug-likeness (QED) is 0.856. The summed E-state index contributed by atoms with van der Waals surface area (Å²) in [5.74, 6) is -2.28. The molecular formula is C14H14N2O5. The van der Waals surface area contributed by atoms with Crippen molar-refractivity contribution in [1.82, 2.24) is 9.97 Å². The van der Waals surface area contributed by atoms with Gasteiger partial charge in [-0.25, -0.2) is 14.8 Å². The van der Waals surface area contributed by atoms with Gasteiger partial charge in [0.2, 0.25) is 0 Å². The van der Waals surface area contributed by atoms with Crippen LogP contribution in [0.1, 0.15) is 18.9 Å². The van der Waals surface area contributed by atoms with Gasteiger partial charge in [-0.3, -0.25) is 4.79 Å². The van der Waals surface area contributed by atoms with Gasteiger partial charge in [0.1, 0.15) is 5.41 Å². The lowest BCUT2D eigenvalue weighted by molar-refractivity contribution is -0.142. The summed E-state index contributed by atoms with van der Waals surface area (Å²) in [4.78, 5) is 30.9. The van der Waals surface area contributed by atoms with E-state index < -0.39 is 17.4 Å². The first-order valence-corrected chi connectivity index (χ1v) is 6.13. The summed E-state index contributed by atoms with van der Waals surface area (Å²) < 4.78 is 4.85. The van der Waals surface area contributed by atoms with Gasteiger partial charge >= 0.3 is 17.9 Å². The molecule has 0 saturated carbocycles. The van der Waals surface area contributed by atoms with E-state index in [0.717, 1.165) is 0 Å². The largest absolute Gasteiger partial charge is 0.480 e. The standard InChI is InChI=1S/C14H14N2O5/c1-8-3-4-9(11(17)18)5-14(8,12(19)20)10-6-15-13(21-2)16-7-10/h3-4,6-7H,5H2,1-2H3,(H,17,18)(H,19,20). The smallest absolute Gasteiger partial charge is 0.331 e. The minimum absolute atomic E-state index is 0.0267. The van der Waals surface area contributed by atoms with Crippen molar-refractivity contribution in [2.45, 2.75) is 18.8 Å². The lowest BCUT2D eigenvalue weighted by Crippen LogP contribution is -2.40. The molecule has 0 saturated heterocycles. The maximum atomic E-state index is 11.9. The van der Waals surface area contributed by atoms with Gasteiger partial charge in [0.15, 0.2) is 0 Å². The summed E-state index contributed by atoms with van der Waals surface area (Å²) >= 11 is 0. The molecule has 1 aromatic heterocycles. The Bertz CT molecular complexity index is 648. The molecule has 2 N–H and O–H groups in total. The Labute approximate surface area is 120 Å². The number of allylic oxidation sites excluding steroid dienone is 2. The van der Waals surface area contributed by atoms with Crippen LogP contribution in [0.4, 0.5) is 0 Å². The highest BCUT2D eigenvalue weighted by molar-refractivity contribution is 5.93. The second-order valence-electron chi connectivity index (χ2n) is 4.69. The van der Waals surface area contributed by atoms with E-state index in [1.807, 2.05) is 0 Å². The van der Waals surface area contributed by atoms with Gasteiger partial charge in [-0.05, 0) is 6.92 Å². The Hall–Kier alpha value is -2.70. The average Bonchev–Trinajstić information content (AvgIpc) is 2.47. The van der Waals surface area contributed by atoms with Crippen molar-refractivity contribution in [1.29, 1.82) is 0 Å². The second kappa shape index (κ2) is 5.35. The monoisotopic (exact) mass is 290 g/mol. The zero-order chi connectivity index (χ0) is 15.6. The van der Waals surface area contributed by atoms with Crippen molar-refractivity contribution < 1.29 is 24.5 Å². The number of carbonyl (C=O) groups is 2.